The van der Waals surface area contributed by atoms with Gasteiger partial charge in [0.25, 0.3) is 0 Å². The summed E-state index contributed by atoms with van der Waals surface area (Å²) < 4.78 is 9.91. The predicted molar refractivity (Wildman–Crippen MR) is 93.3 cm³/mol. The van der Waals surface area contributed by atoms with Gasteiger partial charge in [-0.05, 0) is 41.8 Å². The van der Waals surface area contributed by atoms with Crippen molar-refractivity contribution in [3.63, 3.8) is 0 Å². The molecule has 2 aromatic carbocycles. The van der Waals surface area contributed by atoms with Crippen molar-refractivity contribution in [3.8, 4) is 11.5 Å². The minimum atomic E-state index is -0.819. The van der Waals surface area contributed by atoms with Gasteiger partial charge < -0.3 is 19.7 Å². The molecule has 0 aliphatic heterocycles. The monoisotopic (exact) mass is 346 g/mol. The average Bonchev–Trinajstić information content (AvgIpc) is 2.61. The Morgan fingerprint density at radius 3 is 1.56 bits per heavy atom. The molecule has 0 atom stereocenters. The molecule has 2 rings (SSSR count). The van der Waals surface area contributed by atoms with Crippen LogP contribution in [0.3, 0.4) is 0 Å². The first-order valence-electron chi connectivity index (χ1n) is 7.64. The molecule has 0 amide bonds. The Bertz CT molecular complexity index is 661. The van der Waals surface area contributed by atoms with E-state index in [1.54, 1.807) is 38.5 Å². The molecule has 0 spiro atoms. The highest BCUT2D eigenvalue weighted by Gasteiger charge is 2.00. The lowest BCUT2D eigenvalue weighted by molar-refractivity contribution is -0.137. The van der Waals surface area contributed by atoms with Gasteiger partial charge in [-0.2, -0.15) is 0 Å². The van der Waals surface area contributed by atoms with Gasteiger partial charge >= 0.3 is 11.9 Å². The maximum Gasteiger partial charge on any atom is 0.307 e. The van der Waals surface area contributed by atoms with Gasteiger partial charge in [0.15, 0.2) is 0 Å². The molecule has 6 nitrogen and oxygen atoms in total. The van der Waals surface area contributed by atoms with Gasteiger partial charge in [-0.25, -0.2) is 0 Å². The van der Waals surface area contributed by atoms with Crippen molar-refractivity contribution >= 4 is 11.9 Å². The summed E-state index contributed by atoms with van der Waals surface area (Å²) in [5.41, 5.74) is 1.80. The number of carboxylic acid groups (broad SMARTS) is 2. The number of ether oxygens (including phenoxy) is 2. The minimum absolute atomic E-state index is 0.0595. The van der Waals surface area contributed by atoms with E-state index in [1.165, 1.54) is 0 Å². The van der Waals surface area contributed by atoms with Crippen molar-refractivity contribution in [1.82, 2.24) is 0 Å². The zero-order valence-corrected chi connectivity index (χ0v) is 14.3. The van der Waals surface area contributed by atoms with E-state index in [0.717, 1.165) is 22.6 Å². The maximum atomic E-state index is 10.3. The molecule has 2 aromatic rings. The van der Waals surface area contributed by atoms with Crippen LogP contribution < -0.4 is 9.47 Å². The molecule has 0 saturated heterocycles. The van der Waals surface area contributed by atoms with Crippen LogP contribution in [-0.4, -0.2) is 36.4 Å². The molecule has 0 radical (unpaired) electrons. The third kappa shape index (κ3) is 8.41. The number of hydrogen-bond acceptors (Lipinski definition) is 4. The van der Waals surface area contributed by atoms with Crippen molar-refractivity contribution in [3.05, 3.63) is 59.7 Å². The first kappa shape index (κ1) is 20.0. The molecule has 0 unspecified atom stereocenters. The van der Waals surface area contributed by atoms with E-state index < -0.39 is 11.9 Å². The van der Waals surface area contributed by atoms with E-state index in [0.29, 0.717) is 6.42 Å². The summed E-state index contributed by atoms with van der Waals surface area (Å²) >= 11 is 0. The molecule has 0 aliphatic rings. The van der Waals surface area contributed by atoms with Gasteiger partial charge in [0.05, 0.1) is 20.6 Å². The highest BCUT2D eigenvalue weighted by molar-refractivity contribution is 5.70. The van der Waals surface area contributed by atoms with Crippen LogP contribution in [0.5, 0.6) is 11.5 Å². The molecule has 0 fully saturated rings. The van der Waals surface area contributed by atoms with Crippen molar-refractivity contribution in [2.24, 2.45) is 0 Å². The molecule has 0 heterocycles. The van der Waals surface area contributed by atoms with Crippen LogP contribution in [-0.2, 0) is 22.4 Å². The largest absolute Gasteiger partial charge is 0.497 e. The predicted octanol–water partition coefficient (Wildman–Crippen LogP) is 3.03. The normalized spacial score (nSPS) is 9.52. The first-order valence-corrected chi connectivity index (χ1v) is 7.64. The van der Waals surface area contributed by atoms with Crippen LogP contribution in [0, 0.1) is 0 Å². The quantitative estimate of drug-likeness (QED) is 0.800. The number of benzene rings is 2. The zero-order chi connectivity index (χ0) is 18.7. The number of hydrogen-bond donors (Lipinski definition) is 2. The molecule has 0 bridgehead atoms. The van der Waals surface area contributed by atoms with Crippen LogP contribution in [0.1, 0.15) is 17.5 Å². The highest BCUT2D eigenvalue weighted by atomic mass is 16.5. The van der Waals surface area contributed by atoms with Crippen LogP contribution in [0.4, 0.5) is 0 Å². The highest BCUT2D eigenvalue weighted by Crippen LogP contribution is 2.12. The second-order valence-corrected chi connectivity index (χ2v) is 5.16. The molecule has 0 aromatic heterocycles. The third-order valence-corrected chi connectivity index (χ3v) is 3.30. The second-order valence-electron chi connectivity index (χ2n) is 5.16. The number of carboxylic acids is 2. The van der Waals surface area contributed by atoms with Crippen LogP contribution >= 0.6 is 0 Å². The van der Waals surface area contributed by atoms with E-state index in [2.05, 4.69) is 0 Å². The van der Waals surface area contributed by atoms with E-state index in [4.69, 9.17) is 19.7 Å². The Labute approximate surface area is 146 Å². The average molecular weight is 346 g/mol. The Morgan fingerprint density at radius 1 is 0.760 bits per heavy atom. The number of carbonyl (C=O) groups is 2. The summed E-state index contributed by atoms with van der Waals surface area (Å²) in [6, 6.07) is 14.4. The van der Waals surface area contributed by atoms with E-state index >= 15 is 0 Å². The smallest absolute Gasteiger partial charge is 0.307 e. The summed E-state index contributed by atoms with van der Waals surface area (Å²) in [5.74, 6) is -0.0563. The number of methoxy groups -OCH3 is 2. The van der Waals surface area contributed by atoms with Gasteiger partial charge in [0.2, 0.25) is 0 Å². The zero-order valence-electron chi connectivity index (χ0n) is 14.3. The molecule has 0 aliphatic carbocycles. The minimum Gasteiger partial charge on any atom is -0.497 e. The Morgan fingerprint density at radius 2 is 1.20 bits per heavy atom. The van der Waals surface area contributed by atoms with Crippen molar-refractivity contribution in [1.29, 1.82) is 0 Å². The Hall–Kier alpha value is -3.02. The molecule has 0 saturated carbocycles. The van der Waals surface area contributed by atoms with E-state index in [9.17, 15) is 9.59 Å². The van der Waals surface area contributed by atoms with Crippen molar-refractivity contribution in [2.45, 2.75) is 19.3 Å². The van der Waals surface area contributed by atoms with Gasteiger partial charge in [0, 0.05) is 6.42 Å². The number of aliphatic carboxylic acids is 2. The van der Waals surface area contributed by atoms with Crippen LogP contribution in [0.15, 0.2) is 48.5 Å². The molecular formula is C19H22O6. The van der Waals surface area contributed by atoms with E-state index in [-0.39, 0.29) is 12.8 Å². The molecule has 6 heteroatoms. The maximum absolute atomic E-state index is 10.3. The van der Waals surface area contributed by atoms with Crippen LogP contribution in [0.25, 0.3) is 0 Å². The molecule has 25 heavy (non-hydrogen) atoms. The van der Waals surface area contributed by atoms with Gasteiger partial charge in [-0.3, -0.25) is 9.59 Å². The molecular weight excluding hydrogens is 324 g/mol. The van der Waals surface area contributed by atoms with Crippen molar-refractivity contribution < 1.29 is 29.3 Å². The molecule has 2 N–H and O–H groups in total. The molecule has 134 valence electrons. The second kappa shape index (κ2) is 10.7. The van der Waals surface area contributed by atoms with Crippen molar-refractivity contribution in [2.75, 3.05) is 14.2 Å². The SMILES string of the molecule is COc1ccc(CC(=O)O)cc1.COc1ccc(CCC(=O)O)cc1. The first-order chi connectivity index (χ1) is 11.9. The fourth-order valence-corrected chi connectivity index (χ4v) is 1.96. The fraction of sp³-hybridized carbons (Fsp3) is 0.263. The lowest BCUT2D eigenvalue weighted by atomic mass is 10.1. The van der Waals surface area contributed by atoms with E-state index in [1.807, 2.05) is 24.3 Å². The lowest BCUT2D eigenvalue weighted by Gasteiger charge is -2.01. The fourth-order valence-electron chi connectivity index (χ4n) is 1.96. The van der Waals surface area contributed by atoms with Crippen LogP contribution in [0.2, 0.25) is 0 Å². The summed E-state index contributed by atoms with van der Waals surface area (Å²) in [4.78, 5) is 20.6. The topological polar surface area (TPSA) is 93.1 Å². The van der Waals surface area contributed by atoms with Gasteiger partial charge in [-0.15, -0.1) is 0 Å². The summed E-state index contributed by atoms with van der Waals surface area (Å²) in [5, 5.41) is 16.9. The third-order valence-electron chi connectivity index (χ3n) is 3.30. The number of rotatable bonds is 7. The number of aryl methyl sites for hydroxylation is 1. The summed E-state index contributed by atoms with van der Waals surface area (Å²) in [7, 11) is 3.18. The summed E-state index contributed by atoms with van der Waals surface area (Å²) in [6.45, 7) is 0. The Kier molecular flexibility index (Phi) is 8.57. The van der Waals surface area contributed by atoms with Gasteiger partial charge in [0.1, 0.15) is 11.5 Å². The van der Waals surface area contributed by atoms with Gasteiger partial charge in [-0.1, -0.05) is 24.3 Å². The summed E-state index contributed by atoms with van der Waals surface area (Å²) in [6.07, 6.45) is 0.801. The Balaban J connectivity index is 0.000000251. The standard InChI is InChI=1S/C10H12O3.C9H10O3/c1-13-9-5-2-8(3-6-9)4-7-10(11)12;1-12-8-4-2-7(3-5-8)6-9(10)11/h2-3,5-6H,4,7H2,1H3,(H,11,12);2-5H,6H2,1H3,(H,10,11). The lowest BCUT2D eigenvalue weighted by Crippen LogP contribution is -1.99.